The third-order valence-corrected chi connectivity index (χ3v) is 5.93. The van der Waals surface area contributed by atoms with Crippen molar-refractivity contribution in [3.8, 4) is 11.1 Å². The molecule has 0 radical (unpaired) electrons. The molecule has 3 amide bonds. The van der Waals surface area contributed by atoms with E-state index in [0.29, 0.717) is 0 Å². The molecule has 0 bridgehead atoms. The first-order valence-corrected chi connectivity index (χ1v) is 10.0. The van der Waals surface area contributed by atoms with Gasteiger partial charge in [0.2, 0.25) is 11.8 Å². The van der Waals surface area contributed by atoms with Crippen LogP contribution in [0.5, 0.6) is 0 Å². The lowest BCUT2D eigenvalue weighted by Crippen LogP contribution is -2.48. The van der Waals surface area contributed by atoms with Crippen LogP contribution in [0.15, 0.2) is 48.5 Å². The normalized spacial score (nSPS) is 19.3. The van der Waals surface area contributed by atoms with Crippen LogP contribution in [0.1, 0.15) is 37.8 Å². The Bertz CT molecular complexity index is 967. The summed E-state index contributed by atoms with van der Waals surface area (Å²) in [6, 6.07) is 14.6. The lowest BCUT2D eigenvalue weighted by Gasteiger charge is -2.28. The maximum Gasteiger partial charge on any atom is 0.253 e. The zero-order chi connectivity index (χ0) is 20.5. The van der Waals surface area contributed by atoms with Gasteiger partial charge in [-0.05, 0) is 43.4 Å². The van der Waals surface area contributed by atoms with Crippen LogP contribution in [-0.4, -0.2) is 30.8 Å². The first-order chi connectivity index (χ1) is 14.0. The van der Waals surface area contributed by atoms with Crippen LogP contribution in [-0.2, 0) is 14.4 Å². The van der Waals surface area contributed by atoms with Gasteiger partial charge in [0.25, 0.3) is 5.91 Å². The number of rotatable bonds is 4. The van der Waals surface area contributed by atoms with Gasteiger partial charge in [-0.15, -0.1) is 0 Å². The summed E-state index contributed by atoms with van der Waals surface area (Å²) >= 11 is 0. The van der Waals surface area contributed by atoms with Gasteiger partial charge in [0.05, 0.1) is 5.69 Å². The summed E-state index contributed by atoms with van der Waals surface area (Å²) < 4.78 is 0. The zero-order valence-electron chi connectivity index (χ0n) is 16.6. The zero-order valence-corrected chi connectivity index (χ0v) is 16.6. The smallest absolute Gasteiger partial charge is 0.253 e. The molecule has 2 aliphatic rings. The number of para-hydroxylation sites is 1. The number of hydrogen-bond acceptors (Lipinski definition) is 3. The van der Waals surface area contributed by atoms with Crippen LogP contribution in [0.2, 0.25) is 0 Å². The van der Waals surface area contributed by atoms with Crippen molar-refractivity contribution in [1.29, 1.82) is 0 Å². The van der Waals surface area contributed by atoms with Crippen LogP contribution in [0.4, 0.5) is 5.69 Å². The van der Waals surface area contributed by atoms with E-state index in [1.54, 1.807) is 18.9 Å². The fraction of sp³-hybridized carbons (Fsp3) is 0.348. The van der Waals surface area contributed by atoms with E-state index in [4.69, 9.17) is 0 Å². The monoisotopic (exact) mass is 391 g/mol. The SMILES string of the molecule is CC(C(=O)NC1CCC1)C(=O)NC1C(=O)N(C)c2ccccc2-c2ccccc21. The van der Waals surface area contributed by atoms with Crippen molar-refractivity contribution in [2.75, 3.05) is 11.9 Å². The van der Waals surface area contributed by atoms with Gasteiger partial charge in [0.15, 0.2) is 0 Å². The van der Waals surface area contributed by atoms with E-state index in [1.807, 2.05) is 48.5 Å². The summed E-state index contributed by atoms with van der Waals surface area (Å²) in [4.78, 5) is 40.1. The molecule has 2 aromatic carbocycles. The van der Waals surface area contributed by atoms with E-state index in [2.05, 4.69) is 10.6 Å². The van der Waals surface area contributed by atoms with Gasteiger partial charge >= 0.3 is 0 Å². The van der Waals surface area contributed by atoms with Gasteiger partial charge in [0, 0.05) is 18.7 Å². The molecular formula is C23H25N3O3. The van der Waals surface area contributed by atoms with E-state index >= 15 is 0 Å². The molecule has 29 heavy (non-hydrogen) atoms. The number of carbonyl (C=O) groups excluding carboxylic acids is 3. The molecule has 4 rings (SSSR count). The fourth-order valence-electron chi connectivity index (χ4n) is 3.84. The Labute approximate surface area is 170 Å². The van der Waals surface area contributed by atoms with Crippen molar-refractivity contribution in [2.45, 2.75) is 38.3 Å². The Kier molecular flexibility index (Phi) is 5.09. The molecule has 6 heteroatoms. The second kappa shape index (κ2) is 7.70. The number of nitrogens with one attached hydrogen (secondary N) is 2. The Morgan fingerprint density at radius 2 is 1.59 bits per heavy atom. The number of amides is 3. The van der Waals surface area contributed by atoms with Crippen molar-refractivity contribution in [3.63, 3.8) is 0 Å². The van der Waals surface area contributed by atoms with Gasteiger partial charge < -0.3 is 15.5 Å². The number of likely N-dealkylation sites (N-methyl/N-ethyl adjacent to an activating group) is 1. The predicted molar refractivity (Wildman–Crippen MR) is 111 cm³/mol. The average molecular weight is 391 g/mol. The second-order valence-electron chi connectivity index (χ2n) is 7.80. The molecule has 1 saturated carbocycles. The summed E-state index contributed by atoms with van der Waals surface area (Å²) in [5, 5.41) is 5.73. The number of fused-ring (bicyclic) bond motifs is 3. The topological polar surface area (TPSA) is 78.5 Å². The Morgan fingerprint density at radius 1 is 0.966 bits per heavy atom. The molecule has 2 unspecified atom stereocenters. The predicted octanol–water partition coefficient (Wildman–Crippen LogP) is 2.79. The molecule has 2 atom stereocenters. The van der Waals surface area contributed by atoms with Crippen LogP contribution in [0, 0.1) is 5.92 Å². The van der Waals surface area contributed by atoms with E-state index in [9.17, 15) is 14.4 Å². The molecule has 1 heterocycles. The van der Waals surface area contributed by atoms with Crippen LogP contribution in [0.3, 0.4) is 0 Å². The van der Waals surface area contributed by atoms with Crippen molar-refractivity contribution >= 4 is 23.4 Å². The molecular weight excluding hydrogens is 366 g/mol. The molecule has 6 nitrogen and oxygen atoms in total. The lowest BCUT2D eigenvalue weighted by atomic mass is 9.92. The number of nitrogens with zero attached hydrogens (tertiary/aromatic N) is 1. The Balaban J connectivity index is 1.62. The highest BCUT2D eigenvalue weighted by molar-refractivity contribution is 6.07. The van der Waals surface area contributed by atoms with Gasteiger partial charge in [-0.2, -0.15) is 0 Å². The fourth-order valence-corrected chi connectivity index (χ4v) is 3.84. The highest BCUT2D eigenvalue weighted by Crippen LogP contribution is 2.39. The molecule has 0 saturated heterocycles. The molecule has 2 aromatic rings. The summed E-state index contributed by atoms with van der Waals surface area (Å²) in [6.07, 6.45) is 3.01. The van der Waals surface area contributed by atoms with Crippen molar-refractivity contribution in [3.05, 3.63) is 54.1 Å². The van der Waals surface area contributed by atoms with E-state index < -0.39 is 17.9 Å². The number of carbonyl (C=O) groups is 3. The third-order valence-electron chi connectivity index (χ3n) is 5.93. The van der Waals surface area contributed by atoms with Gasteiger partial charge in [0.1, 0.15) is 12.0 Å². The van der Waals surface area contributed by atoms with E-state index in [0.717, 1.165) is 41.6 Å². The van der Waals surface area contributed by atoms with Crippen LogP contribution >= 0.6 is 0 Å². The maximum atomic E-state index is 13.2. The lowest BCUT2D eigenvalue weighted by molar-refractivity contribution is -0.137. The summed E-state index contributed by atoms with van der Waals surface area (Å²) in [5.41, 5.74) is 3.36. The van der Waals surface area contributed by atoms with Crippen molar-refractivity contribution in [1.82, 2.24) is 10.6 Å². The first-order valence-electron chi connectivity index (χ1n) is 10.0. The van der Waals surface area contributed by atoms with Crippen molar-refractivity contribution in [2.24, 2.45) is 5.92 Å². The minimum absolute atomic E-state index is 0.165. The highest BCUT2D eigenvalue weighted by atomic mass is 16.2. The van der Waals surface area contributed by atoms with Crippen molar-refractivity contribution < 1.29 is 14.4 Å². The van der Waals surface area contributed by atoms with Crippen LogP contribution < -0.4 is 15.5 Å². The second-order valence-corrected chi connectivity index (χ2v) is 7.80. The number of anilines is 1. The molecule has 0 spiro atoms. The summed E-state index contributed by atoms with van der Waals surface area (Å²) in [7, 11) is 1.71. The molecule has 1 fully saturated rings. The largest absolute Gasteiger partial charge is 0.353 e. The third kappa shape index (κ3) is 3.50. The Morgan fingerprint density at radius 3 is 2.28 bits per heavy atom. The van der Waals surface area contributed by atoms with E-state index in [1.165, 1.54) is 0 Å². The van der Waals surface area contributed by atoms with Gasteiger partial charge in [-0.25, -0.2) is 0 Å². The minimum atomic E-state index is -0.869. The number of hydrogen-bond donors (Lipinski definition) is 2. The average Bonchev–Trinajstić information content (AvgIpc) is 2.80. The Hall–Kier alpha value is -3.15. The maximum absolute atomic E-state index is 13.2. The molecule has 1 aliphatic heterocycles. The van der Waals surface area contributed by atoms with Gasteiger partial charge in [-0.3, -0.25) is 14.4 Å². The molecule has 0 aromatic heterocycles. The standard InChI is InChI=1S/C23H25N3O3/c1-14(21(27)24-15-8-7-9-15)22(28)25-20-18-12-4-3-10-16(18)17-11-5-6-13-19(17)26(2)23(20)29/h3-6,10-15,20H,7-9H2,1-2H3,(H,24,27)(H,25,28). The first kappa shape index (κ1) is 19.2. The molecule has 150 valence electrons. The van der Waals surface area contributed by atoms with Gasteiger partial charge in [-0.1, -0.05) is 42.5 Å². The van der Waals surface area contributed by atoms with Crippen LogP contribution in [0.25, 0.3) is 11.1 Å². The summed E-state index contributed by atoms with van der Waals surface area (Å²) in [6.45, 7) is 1.58. The number of benzene rings is 2. The quantitative estimate of drug-likeness (QED) is 0.787. The minimum Gasteiger partial charge on any atom is -0.353 e. The molecule has 2 N–H and O–H groups in total. The molecule has 1 aliphatic carbocycles. The summed E-state index contributed by atoms with van der Waals surface area (Å²) in [5.74, 6) is -1.85. The van der Waals surface area contributed by atoms with E-state index in [-0.39, 0.29) is 17.9 Å². The highest BCUT2D eigenvalue weighted by Gasteiger charge is 2.35.